The maximum absolute atomic E-state index is 11.0. The topological polar surface area (TPSA) is 92.9 Å². The third-order valence-corrected chi connectivity index (χ3v) is 2.88. The van der Waals surface area contributed by atoms with Crippen molar-refractivity contribution < 1.29 is 4.79 Å². The number of amides is 1. The molecule has 0 saturated carbocycles. The van der Waals surface area contributed by atoms with Gasteiger partial charge in [0.05, 0.1) is 11.4 Å². The highest BCUT2D eigenvalue weighted by molar-refractivity contribution is 6.28. The van der Waals surface area contributed by atoms with Crippen LogP contribution in [0.15, 0.2) is 0 Å². The fourth-order valence-corrected chi connectivity index (χ4v) is 1.94. The molecule has 1 atom stereocenters. The van der Waals surface area contributed by atoms with Crippen LogP contribution in [0.5, 0.6) is 0 Å². The monoisotopic (exact) mass is 255 g/mol. The molecule has 2 heterocycles. The van der Waals surface area contributed by atoms with E-state index in [9.17, 15) is 4.79 Å². The molecule has 6 nitrogen and oxygen atoms in total. The number of aromatic nitrogens is 2. The Morgan fingerprint density at radius 1 is 1.59 bits per heavy atom. The smallest absolute Gasteiger partial charge is 0.224 e. The SMILES string of the molecule is Cc1nc(Cl)nc(NCC2CCC(=O)N2)c1N. The summed E-state index contributed by atoms with van der Waals surface area (Å²) < 4.78 is 0. The van der Waals surface area contributed by atoms with Gasteiger partial charge in [-0.2, -0.15) is 4.98 Å². The summed E-state index contributed by atoms with van der Waals surface area (Å²) in [5, 5.41) is 6.10. The van der Waals surface area contributed by atoms with Gasteiger partial charge in [-0.1, -0.05) is 0 Å². The Bertz CT molecular complexity index is 451. The van der Waals surface area contributed by atoms with Gasteiger partial charge in [0.15, 0.2) is 5.82 Å². The molecule has 2 rings (SSSR count). The summed E-state index contributed by atoms with van der Waals surface area (Å²) >= 11 is 5.75. The van der Waals surface area contributed by atoms with E-state index in [1.165, 1.54) is 0 Å². The zero-order valence-electron chi connectivity index (χ0n) is 9.46. The van der Waals surface area contributed by atoms with Crippen molar-refractivity contribution in [3.63, 3.8) is 0 Å². The summed E-state index contributed by atoms with van der Waals surface area (Å²) in [7, 11) is 0. The number of nitrogens with two attached hydrogens (primary N) is 1. The van der Waals surface area contributed by atoms with Gasteiger partial charge in [0.25, 0.3) is 0 Å². The highest BCUT2D eigenvalue weighted by Gasteiger charge is 2.20. The van der Waals surface area contributed by atoms with Crippen LogP contribution < -0.4 is 16.4 Å². The van der Waals surface area contributed by atoms with Crippen molar-refractivity contribution in [1.29, 1.82) is 0 Å². The van der Waals surface area contributed by atoms with Crippen LogP contribution in [0.1, 0.15) is 18.5 Å². The largest absolute Gasteiger partial charge is 0.394 e. The van der Waals surface area contributed by atoms with Crippen molar-refractivity contribution >= 4 is 29.0 Å². The molecule has 1 aliphatic heterocycles. The number of carbonyl (C=O) groups is 1. The molecule has 0 radical (unpaired) electrons. The molecule has 7 heteroatoms. The van der Waals surface area contributed by atoms with E-state index >= 15 is 0 Å². The van der Waals surface area contributed by atoms with Crippen LogP contribution in [-0.4, -0.2) is 28.5 Å². The number of hydrogen-bond donors (Lipinski definition) is 3. The van der Waals surface area contributed by atoms with Crippen molar-refractivity contribution in [1.82, 2.24) is 15.3 Å². The number of nitrogens with one attached hydrogen (secondary N) is 2. The molecular formula is C10H14ClN5O. The molecule has 17 heavy (non-hydrogen) atoms. The van der Waals surface area contributed by atoms with Gasteiger partial charge < -0.3 is 16.4 Å². The Labute approximate surface area is 104 Å². The molecule has 92 valence electrons. The van der Waals surface area contributed by atoms with E-state index < -0.39 is 0 Å². The van der Waals surface area contributed by atoms with Crippen LogP contribution >= 0.6 is 11.6 Å². The molecule has 0 spiro atoms. The standard InChI is InChI=1S/C10H14ClN5O/c1-5-8(12)9(16-10(11)14-5)13-4-6-2-3-7(17)15-6/h6H,2-4,12H2,1H3,(H,15,17)(H,13,14,16). The molecule has 0 aromatic carbocycles. The molecule has 1 aliphatic rings. The molecule has 0 bridgehead atoms. The van der Waals surface area contributed by atoms with E-state index in [4.69, 9.17) is 17.3 Å². The Balaban J connectivity index is 2.01. The Morgan fingerprint density at radius 2 is 2.35 bits per heavy atom. The lowest BCUT2D eigenvalue weighted by Crippen LogP contribution is -2.32. The zero-order chi connectivity index (χ0) is 12.4. The van der Waals surface area contributed by atoms with Gasteiger partial charge in [0, 0.05) is 19.0 Å². The second-order valence-electron chi connectivity index (χ2n) is 4.02. The van der Waals surface area contributed by atoms with Gasteiger partial charge in [-0.25, -0.2) is 4.98 Å². The fraction of sp³-hybridized carbons (Fsp3) is 0.500. The van der Waals surface area contributed by atoms with Crippen molar-refractivity contribution in [3.05, 3.63) is 11.0 Å². The first-order valence-electron chi connectivity index (χ1n) is 5.39. The van der Waals surface area contributed by atoms with Crippen LogP contribution in [-0.2, 0) is 4.79 Å². The second kappa shape index (κ2) is 4.75. The van der Waals surface area contributed by atoms with Crippen molar-refractivity contribution in [2.24, 2.45) is 0 Å². The highest BCUT2D eigenvalue weighted by atomic mass is 35.5. The number of hydrogen-bond acceptors (Lipinski definition) is 5. The minimum Gasteiger partial charge on any atom is -0.394 e. The van der Waals surface area contributed by atoms with Crippen LogP contribution in [0.25, 0.3) is 0 Å². The van der Waals surface area contributed by atoms with Crippen LogP contribution in [0.4, 0.5) is 11.5 Å². The lowest BCUT2D eigenvalue weighted by Gasteiger charge is -2.14. The minimum absolute atomic E-state index is 0.0849. The molecule has 1 amide bonds. The van der Waals surface area contributed by atoms with Gasteiger partial charge in [-0.05, 0) is 24.9 Å². The lowest BCUT2D eigenvalue weighted by atomic mass is 10.2. The Morgan fingerprint density at radius 3 is 3.00 bits per heavy atom. The average Bonchev–Trinajstić information content (AvgIpc) is 2.67. The van der Waals surface area contributed by atoms with E-state index in [0.29, 0.717) is 30.2 Å². The third kappa shape index (κ3) is 2.76. The summed E-state index contributed by atoms with van der Waals surface area (Å²) in [5.74, 6) is 0.602. The van der Waals surface area contributed by atoms with Crippen LogP contribution in [0, 0.1) is 6.92 Å². The summed E-state index contributed by atoms with van der Waals surface area (Å²) in [6.45, 7) is 2.36. The van der Waals surface area contributed by atoms with E-state index in [1.54, 1.807) is 6.92 Å². The zero-order valence-corrected chi connectivity index (χ0v) is 10.2. The van der Waals surface area contributed by atoms with Gasteiger partial charge in [-0.15, -0.1) is 0 Å². The van der Waals surface area contributed by atoms with Gasteiger partial charge >= 0.3 is 0 Å². The lowest BCUT2D eigenvalue weighted by molar-refractivity contribution is -0.119. The predicted octanol–water partition coefficient (Wildman–Crippen LogP) is 0.711. The molecule has 1 aromatic rings. The van der Waals surface area contributed by atoms with Gasteiger partial charge in [0.2, 0.25) is 11.2 Å². The molecule has 4 N–H and O–H groups in total. The highest BCUT2D eigenvalue weighted by Crippen LogP contribution is 2.20. The fourth-order valence-electron chi connectivity index (χ4n) is 1.73. The quantitative estimate of drug-likeness (QED) is 0.692. The number of nitrogens with zero attached hydrogens (tertiary/aromatic N) is 2. The first-order valence-corrected chi connectivity index (χ1v) is 5.77. The van der Waals surface area contributed by atoms with Gasteiger partial charge in [-0.3, -0.25) is 4.79 Å². The van der Waals surface area contributed by atoms with Crippen LogP contribution in [0.2, 0.25) is 5.28 Å². The number of carbonyl (C=O) groups excluding carboxylic acids is 1. The van der Waals surface area contributed by atoms with E-state index in [2.05, 4.69) is 20.6 Å². The van der Waals surface area contributed by atoms with Gasteiger partial charge in [0.1, 0.15) is 0 Å². The number of nitrogen functional groups attached to an aromatic ring is 1. The molecule has 0 aliphatic carbocycles. The minimum atomic E-state index is 0.0849. The molecule has 1 fully saturated rings. The summed E-state index contributed by atoms with van der Waals surface area (Å²) in [4.78, 5) is 19.0. The molecular weight excluding hydrogens is 242 g/mol. The van der Waals surface area contributed by atoms with E-state index in [0.717, 1.165) is 6.42 Å². The van der Waals surface area contributed by atoms with Crippen molar-refractivity contribution in [2.75, 3.05) is 17.6 Å². The second-order valence-corrected chi connectivity index (χ2v) is 4.36. The van der Waals surface area contributed by atoms with Crippen molar-refractivity contribution in [3.8, 4) is 0 Å². The van der Waals surface area contributed by atoms with E-state index in [-0.39, 0.29) is 17.2 Å². The van der Waals surface area contributed by atoms with Crippen molar-refractivity contribution in [2.45, 2.75) is 25.8 Å². The number of rotatable bonds is 3. The number of halogens is 1. The van der Waals surface area contributed by atoms with Crippen LogP contribution in [0.3, 0.4) is 0 Å². The maximum atomic E-state index is 11.0. The molecule has 1 aromatic heterocycles. The number of aryl methyl sites for hydroxylation is 1. The maximum Gasteiger partial charge on any atom is 0.224 e. The molecule has 1 saturated heterocycles. The average molecular weight is 256 g/mol. The Kier molecular flexibility index (Phi) is 3.33. The first-order chi connectivity index (χ1) is 8.06. The predicted molar refractivity (Wildman–Crippen MR) is 65.8 cm³/mol. The summed E-state index contributed by atoms with van der Waals surface area (Å²) in [5.41, 5.74) is 6.96. The summed E-state index contributed by atoms with van der Waals surface area (Å²) in [6.07, 6.45) is 1.40. The third-order valence-electron chi connectivity index (χ3n) is 2.71. The summed E-state index contributed by atoms with van der Waals surface area (Å²) in [6, 6.07) is 0.121. The Hall–Kier alpha value is -1.56. The molecule has 1 unspecified atom stereocenters. The first kappa shape index (κ1) is 11.9. The van der Waals surface area contributed by atoms with E-state index in [1.807, 2.05) is 0 Å². The normalized spacial score (nSPS) is 19.2. The number of anilines is 2.